The summed E-state index contributed by atoms with van der Waals surface area (Å²) >= 11 is 0. The average Bonchev–Trinajstić information content (AvgIpc) is 2.41. The number of ether oxygens (including phenoxy) is 2. The Morgan fingerprint density at radius 1 is 1.06 bits per heavy atom. The maximum absolute atomic E-state index is 13.4. The first-order chi connectivity index (χ1) is 8.70. The van der Waals surface area contributed by atoms with Crippen LogP contribution in [0.25, 0.3) is 0 Å². The maximum atomic E-state index is 13.4. The summed E-state index contributed by atoms with van der Waals surface area (Å²) in [4.78, 5) is 0. The second kappa shape index (κ2) is 5.31. The maximum Gasteiger partial charge on any atom is 0.212 e. The minimum atomic E-state index is -0.411. The molecule has 3 nitrogen and oxygen atoms in total. The number of methoxy groups -OCH3 is 1. The molecule has 0 fully saturated rings. The Morgan fingerprint density at radius 3 is 2.33 bits per heavy atom. The van der Waals surface area contributed by atoms with Gasteiger partial charge >= 0.3 is 0 Å². The Kier molecular flexibility index (Phi) is 3.57. The zero-order chi connectivity index (χ0) is 13.0. The number of hydrogen-bond donors (Lipinski definition) is 1. The summed E-state index contributed by atoms with van der Waals surface area (Å²) < 4.78 is 23.5. The number of halogens is 1. The van der Waals surface area contributed by atoms with E-state index in [1.807, 2.05) is 0 Å². The fraction of sp³-hybridized carbons (Fsp3) is 0.0714. The molecule has 0 amide bonds. The third-order valence-corrected chi connectivity index (χ3v) is 2.39. The number of rotatable bonds is 3. The molecule has 2 aromatic carbocycles. The van der Waals surface area contributed by atoms with Crippen molar-refractivity contribution >= 4 is 5.90 Å². The predicted octanol–water partition coefficient (Wildman–Crippen LogP) is 3.59. The van der Waals surface area contributed by atoms with Crippen LogP contribution in [0, 0.1) is 11.2 Å². The standard InChI is InChI=1S/C14H12FNO2/c1-17-14(16)10-6-8-11(9-7-10)18-13-5-3-2-4-12(13)15/h2-9,16H,1H3. The normalized spacial score (nSPS) is 9.89. The van der Waals surface area contributed by atoms with Crippen molar-refractivity contribution < 1.29 is 13.9 Å². The smallest absolute Gasteiger partial charge is 0.212 e. The first-order valence-electron chi connectivity index (χ1n) is 5.36. The van der Waals surface area contributed by atoms with Gasteiger partial charge in [0.25, 0.3) is 0 Å². The van der Waals surface area contributed by atoms with Crippen LogP contribution < -0.4 is 4.74 Å². The van der Waals surface area contributed by atoms with Crippen LogP contribution in [0.2, 0.25) is 0 Å². The van der Waals surface area contributed by atoms with E-state index < -0.39 is 5.82 Å². The molecule has 0 aliphatic heterocycles. The number of para-hydroxylation sites is 1. The van der Waals surface area contributed by atoms with Crippen molar-refractivity contribution in [2.75, 3.05) is 7.11 Å². The Labute approximate surface area is 104 Å². The lowest BCUT2D eigenvalue weighted by molar-refractivity contribution is 0.401. The molecule has 0 heterocycles. The molecule has 0 saturated carbocycles. The van der Waals surface area contributed by atoms with Crippen LogP contribution in [0.5, 0.6) is 11.5 Å². The molecule has 0 unspecified atom stereocenters. The highest BCUT2D eigenvalue weighted by molar-refractivity contribution is 5.91. The van der Waals surface area contributed by atoms with Gasteiger partial charge in [0.1, 0.15) is 5.75 Å². The second-order valence-electron chi connectivity index (χ2n) is 3.59. The van der Waals surface area contributed by atoms with Crippen molar-refractivity contribution in [3.05, 3.63) is 59.9 Å². The van der Waals surface area contributed by atoms with Crippen molar-refractivity contribution in [3.8, 4) is 11.5 Å². The van der Waals surface area contributed by atoms with Gasteiger partial charge in [-0.25, -0.2) is 4.39 Å². The monoisotopic (exact) mass is 245 g/mol. The van der Waals surface area contributed by atoms with Crippen LogP contribution in [0.3, 0.4) is 0 Å². The molecular formula is C14H12FNO2. The predicted molar refractivity (Wildman–Crippen MR) is 66.8 cm³/mol. The van der Waals surface area contributed by atoms with Crippen LogP contribution in [0.15, 0.2) is 48.5 Å². The van der Waals surface area contributed by atoms with Gasteiger partial charge in [-0.3, -0.25) is 5.41 Å². The quantitative estimate of drug-likeness (QED) is 0.663. The van der Waals surface area contributed by atoms with Crippen molar-refractivity contribution in [2.24, 2.45) is 0 Å². The van der Waals surface area contributed by atoms with Gasteiger partial charge in [-0.2, -0.15) is 0 Å². The van der Waals surface area contributed by atoms with E-state index in [0.717, 1.165) is 0 Å². The molecular weight excluding hydrogens is 233 g/mol. The van der Waals surface area contributed by atoms with Gasteiger partial charge < -0.3 is 9.47 Å². The first kappa shape index (κ1) is 12.1. The molecule has 4 heteroatoms. The summed E-state index contributed by atoms with van der Waals surface area (Å²) in [5, 5.41) is 7.48. The van der Waals surface area contributed by atoms with Crippen LogP contribution in [0.4, 0.5) is 4.39 Å². The summed E-state index contributed by atoms with van der Waals surface area (Å²) in [6, 6.07) is 12.9. The summed E-state index contributed by atoms with van der Waals surface area (Å²) in [7, 11) is 1.44. The van der Waals surface area contributed by atoms with Crippen LogP contribution in [-0.4, -0.2) is 13.0 Å². The van der Waals surface area contributed by atoms with Crippen molar-refractivity contribution in [2.45, 2.75) is 0 Å². The van der Waals surface area contributed by atoms with Crippen molar-refractivity contribution in [1.29, 1.82) is 5.41 Å². The summed E-state index contributed by atoms with van der Waals surface area (Å²) in [5.74, 6) is 0.346. The molecule has 1 N–H and O–H groups in total. The average molecular weight is 245 g/mol. The van der Waals surface area contributed by atoms with Gasteiger partial charge in [-0.05, 0) is 36.4 Å². The molecule has 0 aliphatic rings. The molecule has 0 atom stereocenters. The Hall–Kier alpha value is -2.36. The molecule has 0 bridgehead atoms. The number of benzene rings is 2. The third-order valence-electron chi connectivity index (χ3n) is 2.39. The fourth-order valence-electron chi connectivity index (χ4n) is 1.45. The highest BCUT2D eigenvalue weighted by atomic mass is 19.1. The van der Waals surface area contributed by atoms with E-state index in [0.29, 0.717) is 11.3 Å². The van der Waals surface area contributed by atoms with Crippen LogP contribution in [-0.2, 0) is 4.74 Å². The molecule has 0 aliphatic carbocycles. The van der Waals surface area contributed by atoms with E-state index in [4.69, 9.17) is 14.9 Å². The van der Waals surface area contributed by atoms with Crippen molar-refractivity contribution in [1.82, 2.24) is 0 Å². The topological polar surface area (TPSA) is 42.3 Å². The number of hydrogen-bond acceptors (Lipinski definition) is 3. The van der Waals surface area contributed by atoms with E-state index in [2.05, 4.69) is 0 Å². The second-order valence-corrected chi connectivity index (χ2v) is 3.59. The van der Waals surface area contributed by atoms with Gasteiger partial charge in [0.05, 0.1) is 7.11 Å². The van der Waals surface area contributed by atoms with Gasteiger partial charge in [-0.15, -0.1) is 0 Å². The molecule has 0 spiro atoms. The minimum absolute atomic E-state index is 0.0763. The molecule has 92 valence electrons. The molecule has 2 aromatic rings. The highest BCUT2D eigenvalue weighted by Crippen LogP contribution is 2.24. The highest BCUT2D eigenvalue weighted by Gasteiger charge is 2.04. The lowest BCUT2D eigenvalue weighted by Crippen LogP contribution is -2.00. The minimum Gasteiger partial charge on any atom is -0.481 e. The van der Waals surface area contributed by atoms with E-state index >= 15 is 0 Å². The molecule has 2 rings (SSSR count). The Bertz CT molecular complexity index is 552. The van der Waals surface area contributed by atoms with Crippen LogP contribution >= 0.6 is 0 Å². The van der Waals surface area contributed by atoms with Crippen LogP contribution in [0.1, 0.15) is 5.56 Å². The first-order valence-corrected chi connectivity index (χ1v) is 5.36. The Balaban J connectivity index is 2.16. The Morgan fingerprint density at radius 2 is 1.72 bits per heavy atom. The SMILES string of the molecule is COC(=N)c1ccc(Oc2ccccc2F)cc1. The zero-order valence-electron chi connectivity index (χ0n) is 9.81. The zero-order valence-corrected chi connectivity index (χ0v) is 9.81. The fourth-order valence-corrected chi connectivity index (χ4v) is 1.45. The number of nitrogens with one attached hydrogen (secondary N) is 1. The van der Waals surface area contributed by atoms with E-state index in [1.54, 1.807) is 42.5 Å². The van der Waals surface area contributed by atoms with Gasteiger partial charge in [0.2, 0.25) is 5.90 Å². The summed E-state index contributed by atoms with van der Waals surface area (Å²) in [6.07, 6.45) is 0. The van der Waals surface area contributed by atoms with Gasteiger partial charge in [0, 0.05) is 5.56 Å². The van der Waals surface area contributed by atoms with E-state index in [9.17, 15) is 4.39 Å². The lowest BCUT2D eigenvalue weighted by atomic mass is 10.2. The molecule has 0 radical (unpaired) electrons. The van der Waals surface area contributed by atoms with Gasteiger partial charge in [0.15, 0.2) is 11.6 Å². The molecule has 0 saturated heterocycles. The van der Waals surface area contributed by atoms with Gasteiger partial charge in [-0.1, -0.05) is 12.1 Å². The third kappa shape index (κ3) is 2.66. The van der Waals surface area contributed by atoms with Crippen molar-refractivity contribution in [3.63, 3.8) is 0 Å². The molecule has 18 heavy (non-hydrogen) atoms. The largest absolute Gasteiger partial charge is 0.481 e. The molecule has 0 aromatic heterocycles. The summed E-state index contributed by atoms with van der Waals surface area (Å²) in [5.41, 5.74) is 0.637. The van der Waals surface area contributed by atoms with E-state index in [1.165, 1.54) is 13.2 Å². The lowest BCUT2D eigenvalue weighted by Gasteiger charge is -2.07. The summed E-state index contributed by atoms with van der Waals surface area (Å²) in [6.45, 7) is 0. The van der Waals surface area contributed by atoms with E-state index in [-0.39, 0.29) is 11.6 Å².